The van der Waals surface area contributed by atoms with E-state index in [4.69, 9.17) is 0 Å². The molecule has 2 heterocycles. The molecule has 0 bridgehead atoms. The number of hydrogen-bond acceptors (Lipinski definition) is 3. The molecule has 0 saturated carbocycles. The first-order valence-corrected chi connectivity index (χ1v) is 7.74. The Bertz CT molecular complexity index is 611. The van der Waals surface area contributed by atoms with Crippen molar-refractivity contribution in [3.8, 4) is 0 Å². The van der Waals surface area contributed by atoms with Gasteiger partial charge in [-0.3, -0.25) is 0 Å². The van der Waals surface area contributed by atoms with Crippen molar-refractivity contribution in [2.45, 2.75) is 25.5 Å². The summed E-state index contributed by atoms with van der Waals surface area (Å²) in [5, 5.41) is 10.3. The minimum Gasteiger partial charge on any atom is -0.387 e. The number of halogens is 1. The quantitative estimate of drug-likeness (QED) is 0.921. The fourth-order valence-electron chi connectivity index (χ4n) is 3.19. The monoisotopic (exact) mass is 303 g/mol. The molecule has 2 aromatic rings. The number of nitrogens with zero attached hydrogens (tertiary/aromatic N) is 3. The third kappa shape index (κ3) is 3.54. The summed E-state index contributed by atoms with van der Waals surface area (Å²) in [5.74, 6) is 1.47. The standard InChI is InChI=1S/C17H22FN3O/c1-20(12-16(22)14-3-5-15(18)6-4-14)10-13-2-7-17-19-8-9-21(17)11-13/h3-6,8-9,13,16,22H,2,7,10-12H2,1H3/t13-,16+/m0/s1. The first-order valence-electron chi connectivity index (χ1n) is 7.74. The Hall–Kier alpha value is -1.72. The molecule has 1 aliphatic rings. The average molecular weight is 303 g/mol. The SMILES string of the molecule is CN(C[C@@H]1CCc2nccn2C1)C[C@@H](O)c1ccc(F)cc1. The van der Waals surface area contributed by atoms with Gasteiger partial charge in [-0.1, -0.05) is 12.1 Å². The number of aliphatic hydroxyl groups is 1. The molecule has 0 aliphatic carbocycles. The van der Waals surface area contributed by atoms with Gasteiger partial charge in [-0.05, 0) is 37.1 Å². The second-order valence-electron chi connectivity index (χ2n) is 6.19. The van der Waals surface area contributed by atoms with Gasteiger partial charge in [0.15, 0.2) is 0 Å². The maximum absolute atomic E-state index is 12.9. The number of likely N-dealkylation sites (N-methyl/N-ethyl adjacent to an activating group) is 1. The van der Waals surface area contributed by atoms with E-state index in [0.29, 0.717) is 12.5 Å². The van der Waals surface area contributed by atoms with Crippen LogP contribution >= 0.6 is 0 Å². The van der Waals surface area contributed by atoms with Gasteiger partial charge in [0.25, 0.3) is 0 Å². The summed E-state index contributed by atoms with van der Waals surface area (Å²) >= 11 is 0. The molecule has 0 unspecified atom stereocenters. The van der Waals surface area contributed by atoms with Crippen LogP contribution in [0.25, 0.3) is 0 Å². The van der Waals surface area contributed by atoms with Crippen LogP contribution in [0, 0.1) is 11.7 Å². The maximum Gasteiger partial charge on any atom is 0.123 e. The summed E-state index contributed by atoms with van der Waals surface area (Å²) < 4.78 is 15.1. The van der Waals surface area contributed by atoms with Gasteiger partial charge in [0.1, 0.15) is 11.6 Å². The first kappa shape index (κ1) is 15.2. The van der Waals surface area contributed by atoms with E-state index < -0.39 is 6.10 Å². The number of hydrogen-bond donors (Lipinski definition) is 1. The summed E-state index contributed by atoms with van der Waals surface area (Å²) in [5.41, 5.74) is 0.758. The maximum atomic E-state index is 12.9. The van der Waals surface area contributed by atoms with Crippen LogP contribution in [0.5, 0.6) is 0 Å². The van der Waals surface area contributed by atoms with Gasteiger partial charge in [0.2, 0.25) is 0 Å². The second-order valence-corrected chi connectivity index (χ2v) is 6.19. The first-order chi connectivity index (χ1) is 10.6. The number of aliphatic hydroxyl groups excluding tert-OH is 1. The van der Waals surface area contributed by atoms with Gasteiger partial charge in [0, 0.05) is 38.4 Å². The summed E-state index contributed by atoms with van der Waals surface area (Å²) in [7, 11) is 2.02. The molecule has 0 fully saturated rings. The molecule has 118 valence electrons. The second kappa shape index (κ2) is 6.58. The zero-order valence-corrected chi connectivity index (χ0v) is 12.8. The van der Waals surface area contributed by atoms with Crippen LogP contribution in [0.2, 0.25) is 0 Å². The van der Waals surface area contributed by atoms with Crippen LogP contribution in [0.15, 0.2) is 36.7 Å². The molecule has 5 heteroatoms. The molecular formula is C17H22FN3O. The summed E-state index contributed by atoms with van der Waals surface area (Å²) in [4.78, 5) is 6.50. The van der Waals surface area contributed by atoms with Crippen LogP contribution in [0.4, 0.5) is 4.39 Å². The number of benzene rings is 1. The lowest BCUT2D eigenvalue weighted by Crippen LogP contribution is -2.33. The summed E-state index contributed by atoms with van der Waals surface area (Å²) in [6.07, 6.45) is 5.47. The summed E-state index contributed by atoms with van der Waals surface area (Å²) in [6, 6.07) is 6.07. The fraction of sp³-hybridized carbons (Fsp3) is 0.471. The highest BCUT2D eigenvalue weighted by Gasteiger charge is 2.21. The van der Waals surface area contributed by atoms with E-state index in [-0.39, 0.29) is 5.82 Å². The molecule has 1 aromatic carbocycles. The predicted molar refractivity (Wildman–Crippen MR) is 82.9 cm³/mol. The van der Waals surface area contributed by atoms with E-state index in [9.17, 15) is 9.50 Å². The molecule has 0 radical (unpaired) electrons. The number of aromatic nitrogens is 2. The Morgan fingerprint density at radius 2 is 2.18 bits per heavy atom. The Morgan fingerprint density at radius 3 is 2.95 bits per heavy atom. The molecule has 0 amide bonds. The molecule has 1 aromatic heterocycles. The van der Waals surface area contributed by atoms with Gasteiger partial charge in [-0.25, -0.2) is 9.37 Å². The van der Waals surface area contributed by atoms with E-state index in [0.717, 1.165) is 31.5 Å². The lowest BCUT2D eigenvalue weighted by Gasteiger charge is -2.29. The van der Waals surface area contributed by atoms with Crippen LogP contribution in [-0.4, -0.2) is 39.7 Å². The smallest absolute Gasteiger partial charge is 0.123 e. The molecule has 0 saturated heterocycles. The highest BCUT2D eigenvalue weighted by Crippen LogP contribution is 2.21. The highest BCUT2D eigenvalue weighted by atomic mass is 19.1. The van der Waals surface area contributed by atoms with E-state index in [1.165, 1.54) is 18.0 Å². The van der Waals surface area contributed by atoms with Crippen molar-refractivity contribution in [3.05, 3.63) is 53.9 Å². The Kier molecular flexibility index (Phi) is 4.55. The van der Waals surface area contributed by atoms with E-state index in [1.54, 1.807) is 12.1 Å². The molecular weight excluding hydrogens is 281 g/mol. The van der Waals surface area contributed by atoms with E-state index in [2.05, 4.69) is 14.5 Å². The van der Waals surface area contributed by atoms with Gasteiger partial charge in [-0.15, -0.1) is 0 Å². The normalized spacial score (nSPS) is 19.2. The van der Waals surface area contributed by atoms with Crippen LogP contribution < -0.4 is 0 Å². The largest absolute Gasteiger partial charge is 0.387 e. The third-order valence-electron chi connectivity index (χ3n) is 4.34. The van der Waals surface area contributed by atoms with Crippen LogP contribution in [0.1, 0.15) is 23.9 Å². The van der Waals surface area contributed by atoms with Crippen molar-refractivity contribution >= 4 is 0 Å². The molecule has 22 heavy (non-hydrogen) atoms. The number of aryl methyl sites for hydroxylation is 1. The molecule has 0 spiro atoms. The van der Waals surface area contributed by atoms with Crippen molar-refractivity contribution in [2.24, 2.45) is 5.92 Å². The van der Waals surface area contributed by atoms with Gasteiger partial charge < -0.3 is 14.6 Å². The summed E-state index contributed by atoms with van der Waals surface area (Å²) in [6.45, 7) is 2.49. The minimum absolute atomic E-state index is 0.275. The lowest BCUT2D eigenvalue weighted by molar-refractivity contribution is 0.113. The average Bonchev–Trinajstić information content (AvgIpc) is 2.95. The van der Waals surface area contributed by atoms with Crippen molar-refractivity contribution in [2.75, 3.05) is 20.1 Å². The zero-order valence-electron chi connectivity index (χ0n) is 12.8. The van der Waals surface area contributed by atoms with Gasteiger partial charge in [-0.2, -0.15) is 0 Å². The van der Waals surface area contributed by atoms with Crippen LogP contribution in [0.3, 0.4) is 0 Å². The predicted octanol–water partition coefficient (Wildman–Crippen LogP) is 2.25. The molecule has 4 nitrogen and oxygen atoms in total. The number of imidazole rings is 1. The Balaban J connectivity index is 1.52. The molecule has 2 atom stereocenters. The minimum atomic E-state index is -0.585. The van der Waals surface area contributed by atoms with Crippen LogP contribution in [-0.2, 0) is 13.0 Å². The van der Waals surface area contributed by atoms with E-state index >= 15 is 0 Å². The van der Waals surface area contributed by atoms with Gasteiger partial charge >= 0.3 is 0 Å². The van der Waals surface area contributed by atoms with Crippen molar-refractivity contribution in [1.29, 1.82) is 0 Å². The van der Waals surface area contributed by atoms with E-state index in [1.807, 2.05) is 19.4 Å². The fourth-order valence-corrected chi connectivity index (χ4v) is 3.19. The highest BCUT2D eigenvalue weighted by molar-refractivity contribution is 5.18. The van der Waals surface area contributed by atoms with Crippen molar-refractivity contribution in [3.63, 3.8) is 0 Å². The topological polar surface area (TPSA) is 41.3 Å². The van der Waals surface area contributed by atoms with Gasteiger partial charge in [0.05, 0.1) is 6.10 Å². The molecule has 3 rings (SSSR count). The third-order valence-corrected chi connectivity index (χ3v) is 4.34. The van der Waals surface area contributed by atoms with Crippen molar-refractivity contribution < 1.29 is 9.50 Å². The Labute approximate surface area is 130 Å². The zero-order chi connectivity index (χ0) is 15.5. The molecule has 1 N–H and O–H groups in total. The van der Waals surface area contributed by atoms with Crippen molar-refractivity contribution in [1.82, 2.24) is 14.5 Å². The molecule has 1 aliphatic heterocycles. The number of fused-ring (bicyclic) bond motifs is 1. The lowest BCUT2D eigenvalue weighted by atomic mass is 9.98. The Morgan fingerprint density at radius 1 is 1.41 bits per heavy atom. The number of rotatable bonds is 5.